The van der Waals surface area contributed by atoms with Crippen molar-refractivity contribution >= 4 is 23.3 Å². The van der Waals surface area contributed by atoms with Crippen LogP contribution in [0.3, 0.4) is 0 Å². The third kappa shape index (κ3) is 5.52. The first-order valence-corrected chi connectivity index (χ1v) is 7.79. The molecular formula is C17H22N4O4. The molecular weight excluding hydrogens is 324 g/mol. The summed E-state index contributed by atoms with van der Waals surface area (Å²) in [4.78, 5) is 25.1. The Morgan fingerprint density at radius 1 is 1.28 bits per heavy atom. The molecule has 134 valence electrons. The van der Waals surface area contributed by atoms with Gasteiger partial charge < -0.3 is 24.8 Å². The summed E-state index contributed by atoms with van der Waals surface area (Å²) in [6, 6.07) is 8.19. The molecule has 2 N–H and O–H groups in total. The van der Waals surface area contributed by atoms with Gasteiger partial charge in [0.1, 0.15) is 17.6 Å². The molecule has 0 saturated heterocycles. The minimum atomic E-state index is -0.473. The smallest absolute Gasteiger partial charge is 0.259 e. The number of nitrogens with one attached hydrogen (secondary N) is 2. The first-order valence-electron chi connectivity index (χ1n) is 7.79. The van der Waals surface area contributed by atoms with E-state index in [1.807, 2.05) is 0 Å². The Bertz CT molecular complexity index is 725. The Hall–Kier alpha value is -3.03. The van der Waals surface area contributed by atoms with Crippen LogP contribution in [-0.2, 0) is 9.59 Å². The van der Waals surface area contributed by atoms with Gasteiger partial charge in [-0.2, -0.15) is 0 Å². The van der Waals surface area contributed by atoms with Gasteiger partial charge in [0, 0.05) is 25.8 Å². The van der Waals surface area contributed by atoms with Gasteiger partial charge >= 0.3 is 0 Å². The Kier molecular flexibility index (Phi) is 5.99. The highest BCUT2D eigenvalue weighted by molar-refractivity contribution is 5.95. The van der Waals surface area contributed by atoms with E-state index in [1.54, 1.807) is 58.3 Å². The van der Waals surface area contributed by atoms with Crippen molar-refractivity contribution < 1.29 is 18.8 Å². The molecule has 2 amide bonds. The number of anilines is 2. The molecule has 0 fully saturated rings. The molecule has 1 heterocycles. The van der Waals surface area contributed by atoms with Crippen molar-refractivity contribution in [3.63, 3.8) is 0 Å². The normalized spacial score (nSPS) is 11.5. The second kappa shape index (κ2) is 8.18. The standard InChI is InChI=1S/C17H22N4O4/c1-11-9-15(20-25-11)19-17(23)12(2)18-13-5-7-14(8-6-13)24-10-16(22)21(3)4/h5-9,12,18H,10H2,1-4H3,(H,19,20,23)/t12-/m0/s1. The highest BCUT2D eigenvalue weighted by Gasteiger charge is 2.14. The Labute approximate surface area is 146 Å². The zero-order valence-corrected chi connectivity index (χ0v) is 14.7. The molecule has 2 rings (SSSR count). The molecule has 0 radical (unpaired) electrons. The van der Waals surface area contributed by atoms with Gasteiger partial charge in [-0.15, -0.1) is 0 Å². The van der Waals surface area contributed by atoms with Crippen molar-refractivity contribution in [1.82, 2.24) is 10.1 Å². The monoisotopic (exact) mass is 346 g/mol. The van der Waals surface area contributed by atoms with E-state index in [-0.39, 0.29) is 18.4 Å². The Morgan fingerprint density at radius 2 is 1.96 bits per heavy atom. The SMILES string of the molecule is Cc1cc(NC(=O)[C@H](C)Nc2ccc(OCC(=O)N(C)C)cc2)no1. The summed E-state index contributed by atoms with van der Waals surface area (Å²) in [6.07, 6.45) is 0. The van der Waals surface area contributed by atoms with Crippen LogP contribution in [0.1, 0.15) is 12.7 Å². The average molecular weight is 346 g/mol. The number of carbonyl (C=O) groups excluding carboxylic acids is 2. The van der Waals surface area contributed by atoms with E-state index in [0.29, 0.717) is 17.3 Å². The van der Waals surface area contributed by atoms with E-state index in [4.69, 9.17) is 9.26 Å². The van der Waals surface area contributed by atoms with Crippen LogP contribution in [0.4, 0.5) is 11.5 Å². The summed E-state index contributed by atoms with van der Waals surface area (Å²) in [5.41, 5.74) is 0.755. The van der Waals surface area contributed by atoms with Crippen molar-refractivity contribution in [2.24, 2.45) is 0 Å². The molecule has 8 heteroatoms. The third-order valence-electron chi connectivity index (χ3n) is 3.37. The topological polar surface area (TPSA) is 96.7 Å². The molecule has 0 saturated carbocycles. The number of carbonyl (C=O) groups is 2. The van der Waals surface area contributed by atoms with Gasteiger partial charge in [-0.05, 0) is 38.1 Å². The van der Waals surface area contributed by atoms with E-state index in [9.17, 15) is 9.59 Å². The van der Waals surface area contributed by atoms with Gasteiger partial charge in [-0.25, -0.2) is 0 Å². The minimum Gasteiger partial charge on any atom is -0.484 e. The van der Waals surface area contributed by atoms with E-state index >= 15 is 0 Å². The lowest BCUT2D eigenvalue weighted by molar-refractivity contribution is -0.130. The molecule has 0 aliphatic rings. The number of rotatable bonds is 7. The Balaban J connectivity index is 1.85. The molecule has 0 aliphatic carbocycles. The highest BCUT2D eigenvalue weighted by atomic mass is 16.5. The minimum absolute atomic E-state index is 0.0182. The van der Waals surface area contributed by atoms with Crippen molar-refractivity contribution in [3.8, 4) is 5.75 Å². The van der Waals surface area contributed by atoms with Crippen molar-refractivity contribution in [2.75, 3.05) is 31.3 Å². The lowest BCUT2D eigenvalue weighted by Gasteiger charge is -2.15. The molecule has 25 heavy (non-hydrogen) atoms. The molecule has 8 nitrogen and oxygen atoms in total. The molecule has 1 aromatic heterocycles. The number of hydrogen-bond acceptors (Lipinski definition) is 6. The van der Waals surface area contributed by atoms with Crippen molar-refractivity contribution in [3.05, 3.63) is 36.1 Å². The van der Waals surface area contributed by atoms with E-state index < -0.39 is 6.04 Å². The van der Waals surface area contributed by atoms with Crippen LogP contribution in [0.2, 0.25) is 0 Å². The fraction of sp³-hybridized carbons (Fsp3) is 0.353. The van der Waals surface area contributed by atoms with Crippen LogP contribution in [0.25, 0.3) is 0 Å². The predicted molar refractivity (Wildman–Crippen MR) is 93.6 cm³/mol. The molecule has 0 bridgehead atoms. The van der Waals surface area contributed by atoms with E-state index in [0.717, 1.165) is 5.69 Å². The first-order chi connectivity index (χ1) is 11.8. The highest BCUT2D eigenvalue weighted by Crippen LogP contribution is 2.17. The third-order valence-corrected chi connectivity index (χ3v) is 3.37. The van der Waals surface area contributed by atoms with Gasteiger partial charge in [-0.3, -0.25) is 9.59 Å². The molecule has 1 atom stereocenters. The van der Waals surface area contributed by atoms with Crippen LogP contribution in [0.15, 0.2) is 34.9 Å². The number of aryl methyl sites for hydroxylation is 1. The van der Waals surface area contributed by atoms with E-state index in [2.05, 4.69) is 15.8 Å². The summed E-state index contributed by atoms with van der Waals surface area (Å²) < 4.78 is 10.3. The van der Waals surface area contributed by atoms with Crippen molar-refractivity contribution in [2.45, 2.75) is 19.9 Å². The number of benzene rings is 1. The second-order valence-corrected chi connectivity index (χ2v) is 5.78. The number of likely N-dealkylation sites (N-methyl/N-ethyl adjacent to an activating group) is 1. The molecule has 1 aromatic carbocycles. The maximum absolute atomic E-state index is 12.1. The lowest BCUT2D eigenvalue weighted by atomic mass is 10.2. The van der Waals surface area contributed by atoms with Crippen LogP contribution in [-0.4, -0.2) is 48.6 Å². The zero-order valence-electron chi connectivity index (χ0n) is 14.7. The zero-order chi connectivity index (χ0) is 18.4. The molecule has 0 spiro atoms. The largest absolute Gasteiger partial charge is 0.484 e. The van der Waals surface area contributed by atoms with Crippen LogP contribution in [0.5, 0.6) is 5.75 Å². The van der Waals surface area contributed by atoms with Crippen LogP contribution in [0, 0.1) is 6.92 Å². The number of amides is 2. The summed E-state index contributed by atoms with van der Waals surface area (Å²) in [6.45, 7) is 3.47. The summed E-state index contributed by atoms with van der Waals surface area (Å²) in [5, 5.41) is 9.46. The van der Waals surface area contributed by atoms with Gasteiger partial charge in [0.15, 0.2) is 12.4 Å². The van der Waals surface area contributed by atoms with Gasteiger partial charge in [0.2, 0.25) is 5.91 Å². The summed E-state index contributed by atoms with van der Waals surface area (Å²) >= 11 is 0. The summed E-state index contributed by atoms with van der Waals surface area (Å²) in [5.74, 6) is 1.24. The number of nitrogens with zero attached hydrogens (tertiary/aromatic N) is 2. The van der Waals surface area contributed by atoms with Crippen molar-refractivity contribution in [1.29, 1.82) is 0 Å². The average Bonchev–Trinajstić information content (AvgIpc) is 2.98. The number of hydrogen-bond donors (Lipinski definition) is 2. The molecule has 0 aliphatic heterocycles. The lowest BCUT2D eigenvalue weighted by Crippen LogP contribution is -2.31. The fourth-order valence-corrected chi connectivity index (χ4v) is 1.90. The van der Waals surface area contributed by atoms with Gasteiger partial charge in [-0.1, -0.05) is 5.16 Å². The number of aromatic nitrogens is 1. The molecule has 2 aromatic rings. The first kappa shape index (κ1) is 18.3. The fourth-order valence-electron chi connectivity index (χ4n) is 1.90. The number of ether oxygens (including phenoxy) is 1. The second-order valence-electron chi connectivity index (χ2n) is 5.78. The quantitative estimate of drug-likeness (QED) is 0.795. The maximum atomic E-state index is 12.1. The molecule has 0 unspecified atom stereocenters. The Morgan fingerprint density at radius 3 is 2.52 bits per heavy atom. The van der Waals surface area contributed by atoms with Crippen LogP contribution < -0.4 is 15.4 Å². The predicted octanol–water partition coefficient (Wildman–Crippen LogP) is 1.89. The summed E-state index contributed by atoms with van der Waals surface area (Å²) in [7, 11) is 3.34. The van der Waals surface area contributed by atoms with Crippen LogP contribution >= 0.6 is 0 Å². The van der Waals surface area contributed by atoms with Gasteiger partial charge in [0.25, 0.3) is 5.91 Å². The maximum Gasteiger partial charge on any atom is 0.259 e. The van der Waals surface area contributed by atoms with E-state index in [1.165, 1.54) is 4.90 Å². The van der Waals surface area contributed by atoms with Gasteiger partial charge in [0.05, 0.1) is 0 Å².